The van der Waals surface area contributed by atoms with Gasteiger partial charge < -0.3 is 9.64 Å². The summed E-state index contributed by atoms with van der Waals surface area (Å²) in [5, 5.41) is 8.37. The Labute approximate surface area is 270 Å². The van der Waals surface area contributed by atoms with E-state index in [0.717, 1.165) is 12.0 Å². The quantitative estimate of drug-likeness (QED) is 0.134. The zero-order valence-corrected chi connectivity index (χ0v) is 26.8. The number of aryl methyl sites for hydroxylation is 1. The van der Waals surface area contributed by atoms with Crippen molar-refractivity contribution in [3.05, 3.63) is 83.9 Å². The largest absolute Gasteiger partial charge is 0.516 e. The minimum absolute atomic E-state index is 0.0980. The number of fused-ring (bicyclic) bond motifs is 1. The summed E-state index contributed by atoms with van der Waals surface area (Å²) in [4.78, 5) is 24.4. The Hall–Kier alpha value is -4.85. The summed E-state index contributed by atoms with van der Waals surface area (Å²) in [5.41, 5.74) is -3.06. The summed E-state index contributed by atoms with van der Waals surface area (Å²) < 4.78 is 72.0. The van der Waals surface area contributed by atoms with E-state index in [4.69, 9.17) is 4.74 Å². The number of nitrogens with one attached hydrogen (secondary N) is 1. The van der Waals surface area contributed by atoms with Gasteiger partial charge in [0, 0.05) is 29.9 Å². The fourth-order valence-electron chi connectivity index (χ4n) is 5.29. The molecule has 0 saturated heterocycles. The molecule has 1 N–H and O–H groups in total. The molecule has 246 valence electrons. The lowest BCUT2D eigenvalue weighted by atomic mass is 9.99. The third kappa shape index (κ3) is 7.59. The molecule has 0 unspecified atom stereocenters. The van der Waals surface area contributed by atoms with E-state index in [-0.39, 0.29) is 41.1 Å². The van der Waals surface area contributed by atoms with Crippen LogP contribution in [0.4, 0.5) is 36.2 Å². The van der Waals surface area contributed by atoms with Gasteiger partial charge in [-0.25, -0.2) is 14.8 Å². The van der Waals surface area contributed by atoms with Crippen molar-refractivity contribution in [1.82, 2.24) is 9.97 Å². The maximum Gasteiger partial charge on any atom is 0.516 e. The number of rotatable bonds is 10. The van der Waals surface area contributed by atoms with Crippen molar-refractivity contribution in [1.29, 1.82) is 0 Å². The molecule has 1 aromatic heterocycles. The van der Waals surface area contributed by atoms with Gasteiger partial charge in [0.05, 0.1) is 23.7 Å². The Bertz CT molecular complexity index is 1830. The number of anilines is 2. The molecule has 0 fully saturated rings. The van der Waals surface area contributed by atoms with Crippen LogP contribution in [-0.4, -0.2) is 49.6 Å². The molecule has 2 heterocycles. The van der Waals surface area contributed by atoms with E-state index < -0.39 is 27.2 Å². The predicted molar refractivity (Wildman–Crippen MR) is 173 cm³/mol. The van der Waals surface area contributed by atoms with Crippen molar-refractivity contribution < 1.29 is 31.1 Å². The molecule has 47 heavy (non-hydrogen) atoms. The number of benzene rings is 3. The first-order valence-electron chi connectivity index (χ1n) is 15.0. The third-order valence-corrected chi connectivity index (χ3v) is 8.36. The van der Waals surface area contributed by atoms with Gasteiger partial charge in [0.1, 0.15) is 11.3 Å². The highest BCUT2D eigenvalue weighted by atomic mass is 32.2. The van der Waals surface area contributed by atoms with Gasteiger partial charge in [-0.3, -0.25) is 4.72 Å². The molecule has 1 aliphatic rings. The van der Waals surface area contributed by atoms with Crippen molar-refractivity contribution >= 4 is 39.0 Å². The molecule has 5 rings (SSSR count). The van der Waals surface area contributed by atoms with Crippen molar-refractivity contribution in [3.8, 4) is 22.5 Å². The van der Waals surface area contributed by atoms with E-state index in [9.17, 15) is 26.4 Å². The van der Waals surface area contributed by atoms with Crippen LogP contribution >= 0.6 is 0 Å². The van der Waals surface area contributed by atoms with Crippen molar-refractivity contribution in [2.45, 2.75) is 39.1 Å². The molecule has 10 nitrogen and oxygen atoms in total. The normalized spacial score (nSPS) is 13.6. The van der Waals surface area contributed by atoms with Crippen LogP contribution in [0.1, 0.15) is 43.1 Å². The number of halogens is 3. The Morgan fingerprint density at radius 1 is 0.979 bits per heavy atom. The highest BCUT2D eigenvalue weighted by Gasteiger charge is 2.46. The first kappa shape index (κ1) is 33.5. The molecule has 0 atom stereocenters. The van der Waals surface area contributed by atoms with Gasteiger partial charge in [-0.05, 0) is 43.4 Å². The second-order valence-electron chi connectivity index (χ2n) is 11.2. The van der Waals surface area contributed by atoms with Gasteiger partial charge in [-0.2, -0.15) is 21.6 Å². The zero-order chi connectivity index (χ0) is 33.8. The van der Waals surface area contributed by atoms with Gasteiger partial charge in [0.2, 0.25) is 0 Å². The van der Waals surface area contributed by atoms with Crippen LogP contribution in [0, 0.1) is 5.92 Å². The van der Waals surface area contributed by atoms with Crippen LogP contribution in [0.5, 0.6) is 0 Å². The lowest BCUT2D eigenvalue weighted by Crippen LogP contribution is -2.33. The van der Waals surface area contributed by atoms with Crippen LogP contribution < -0.4 is 9.62 Å². The molecule has 3 aromatic carbocycles. The van der Waals surface area contributed by atoms with Crippen LogP contribution in [0.2, 0.25) is 0 Å². The van der Waals surface area contributed by atoms with E-state index in [1.165, 1.54) is 12.1 Å². The van der Waals surface area contributed by atoms with E-state index in [1.54, 1.807) is 72.3 Å². The molecule has 14 heteroatoms. The highest BCUT2D eigenvalue weighted by Crippen LogP contribution is 2.40. The Morgan fingerprint density at radius 3 is 2.11 bits per heavy atom. The third-order valence-electron chi connectivity index (χ3n) is 7.26. The molecular weight excluding hydrogens is 633 g/mol. The smallest absolute Gasteiger partial charge is 0.462 e. The number of carbonyl (C=O) groups excluding carboxylic acids is 1. The van der Waals surface area contributed by atoms with E-state index in [0.29, 0.717) is 36.3 Å². The topological polar surface area (TPSA) is 126 Å². The summed E-state index contributed by atoms with van der Waals surface area (Å²) in [5.74, 6) is -0.610. The molecule has 0 saturated carbocycles. The van der Waals surface area contributed by atoms with Crippen LogP contribution in [0.3, 0.4) is 0 Å². The number of hydrogen-bond donors (Lipinski definition) is 1. The van der Waals surface area contributed by atoms with E-state index in [2.05, 4.69) is 20.2 Å². The average molecular weight is 667 g/mol. The molecule has 0 amide bonds. The number of azo groups is 1. The predicted octanol–water partition coefficient (Wildman–Crippen LogP) is 8.07. The molecule has 0 aliphatic carbocycles. The van der Waals surface area contributed by atoms with Gasteiger partial charge in [-0.1, -0.05) is 74.5 Å². The lowest BCUT2D eigenvalue weighted by Gasteiger charge is -2.33. The van der Waals surface area contributed by atoms with E-state index >= 15 is 0 Å². The summed E-state index contributed by atoms with van der Waals surface area (Å²) in [7, 11) is -5.78. The van der Waals surface area contributed by atoms with Gasteiger partial charge >= 0.3 is 21.5 Å². The SMILES string of the molecule is CCOC(=O)c1c(-c2ccccc2)nc(N=Nc2cc3c(cc2NS(=O)(=O)C(F)(F)F)N(CC(C)C)CCC3)nc1-c1ccccc1. The van der Waals surface area contributed by atoms with Crippen LogP contribution in [0.25, 0.3) is 22.5 Å². The zero-order valence-electron chi connectivity index (χ0n) is 26.0. The Kier molecular flexibility index (Phi) is 9.89. The molecule has 4 aromatic rings. The minimum Gasteiger partial charge on any atom is -0.462 e. The fraction of sp³-hybridized carbons (Fsp3) is 0.303. The van der Waals surface area contributed by atoms with Crippen LogP contribution in [-0.2, 0) is 21.2 Å². The van der Waals surface area contributed by atoms with Crippen molar-refractivity contribution in [2.24, 2.45) is 16.1 Å². The molecular formula is C33H33F3N6O4S. The molecule has 0 radical (unpaired) electrons. The number of aromatic nitrogens is 2. The average Bonchev–Trinajstić information content (AvgIpc) is 3.03. The van der Waals surface area contributed by atoms with Crippen molar-refractivity contribution in [3.63, 3.8) is 0 Å². The number of esters is 1. The Balaban J connectivity index is 1.69. The van der Waals surface area contributed by atoms with Gasteiger partial charge in [-0.15, -0.1) is 10.2 Å². The second kappa shape index (κ2) is 13.9. The molecule has 0 bridgehead atoms. The Morgan fingerprint density at radius 2 is 1.57 bits per heavy atom. The standard InChI is InChI=1S/C33H33F3N6O4S/c1-4-46-31(43)28-29(22-12-7-5-8-13-22)37-32(38-30(28)23-14-9-6-10-15-23)40-39-25-18-24-16-11-17-42(20-21(2)3)27(24)19-26(25)41-47(44,45)33(34,35)36/h5-10,12-15,18-19,21,41H,4,11,16-17,20H2,1-3H3. The van der Waals surface area contributed by atoms with E-state index in [1.807, 2.05) is 18.7 Å². The maximum absolute atomic E-state index is 13.5. The second-order valence-corrected chi connectivity index (χ2v) is 12.9. The summed E-state index contributed by atoms with van der Waals surface area (Å²) >= 11 is 0. The van der Waals surface area contributed by atoms with Crippen LogP contribution in [0.15, 0.2) is 83.0 Å². The fourth-order valence-corrected chi connectivity index (χ4v) is 5.86. The monoisotopic (exact) mass is 666 g/mol. The first-order valence-corrected chi connectivity index (χ1v) is 16.5. The maximum atomic E-state index is 13.5. The van der Waals surface area contributed by atoms with Gasteiger partial charge in [0.25, 0.3) is 5.95 Å². The summed E-state index contributed by atoms with van der Waals surface area (Å²) in [6.45, 7) is 7.12. The van der Waals surface area contributed by atoms with Gasteiger partial charge in [0.15, 0.2) is 0 Å². The number of hydrogen-bond acceptors (Lipinski definition) is 9. The minimum atomic E-state index is -5.78. The summed E-state index contributed by atoms with van der Waals surface area (Å²) in [6.07, 6.45) is 1.41. The number of carbonyl (C=O) groups is 1. The number of sulfonamides is 1. The number of nitrogens with zero attached hydrogens (tertiary/aromatic N) is 5. The molecule has 1 aliphatic heterocycles. The van der Waals surface area contributed by atoms with Crippen molar-refractivity contribution in [2.75, 3.05) is 29.3 Å². The highest BCUT2D eigenvalue weighted by molar-refractivity contribution is 7.93. The molecule has 0 spiro atoms. The lowest BCUT2D eigenvalue weighted by molar-refractivity contribution is -0.0429. The summed E-state index contributed by atoms with van der Waals surface area (Å²) in [6, 6.07) is 20.6. The number of ether oxygens (including phenoxy) is 1. The first-order chi connectivity index (χ1) is 22.4. The number of alkyl halides is 3.